The van der Waals surface area contributed by atoms with Gasteiger partial charge in [-0.2, -0.15) is 0 Å². The number of aromatic nitrogens is 2. The number of nitrogens with two attached hydrogens (primary N) is 1. The van der Waals surface area contributed by atoms with Crippen molar-refractivity contribution in [3.05, 3.63) is 35.4 Å². The van der Waals surface area contributed by atoms with E-state index in [1.807, 2.05) is 5.32 Å². The average Bonchev–Trinajstić information content (AvgIpc) is 2.47. The van der Waals surface area contributed by atoms with Crippen LogP contribution in [0.25, 0.3) is 0 Å². The van der Waals surface area contributed by atoms with E-state index in [9.17, 15) is 22.0 Å². The van der Waals surface area contributed by atoms with E-state index in [1.54, 1.807) is 0 Å². The molecular formula is C11H7F5N4O. The van der Waals surface area contributed by atoms with Crippen LogP contribution in [0.2, 0.25) is 0 Å². The number of benzene rings is 1. The predicted octanol–water partition coefficient (Wildman–Crippen LogP) is 2.51. The van der Waals surface area contributed by atoms with Crippen molar-refractivity contribution in [3.63, 3.8) is 0 Å². The van der Waals surface area contributed by atoms with Crippen LogP contribution in [0.15, 0.2) is 6.33 Å². The van der Waals surface area contributed by atoms with Gasteiger partial charge in [-0.05, 0) is 0 Å². The van der Waals surface area contributed by atoms with Gasteiger partial charge in [0.05, 0.1) is 7.11 Å². The fourth-order valence-corrected chi connectivity index (χ4v) is 1.51. The van der Waals surface area contributed by atoms with Gasteiger partial charge in [-0.15, -0.1) is 0 Å². The molecule has 0 atom stereocenters. The second-order valence-corrected chi connectivity index (χ2v) is 3.71. The van der Waals surface area contributed by atoms with E-state index in [0.717, 1.165) is 6.33 Å². The first-order valence-corrected chi connectivity index (χ1v) is 5.31. The first-order valence-electron chi connectivity index (χ1n) is 5.31. The van der Waals surface area contributed by atoms with Gasteiger partial charge >= 0.3 is 0 Å². The zero-order chi connectivity index (χ0) is 15.7. The summed E-state index contributed by atoms with van der Waals surface area (Å²) in [4.78, 5) is 7.12. The minimum Gasteiger partial charge on any atom is -0.490 e. The molecule has 1 aromatic heterocycles. The quantitative estimate of drug-likeness (QED) is 0.518. The van der Waals surface area contributed by atoms with Gasteiger partial charge < -0.3 is 15.8 Å². The van der Waals surface area contributed by atoms with E-state index in [0.29, 0.717) is 0 Å². The van der Waals surface area contributed by atoms with Crippen molar-refractivity contribution in [2.45, 2.75) is 0 Å². The molecule has 3 N–H and O–H groups in total. The Morgan fingerprint density at radius 3 is 2.00 bits per heavy atom. The van der Waals surface area contributed by atoms with Gasteiger partial charge in [-0.3, -0.25) is 0 Å². The SMILES string of the molecule is COc1c(N)ncnc1Nc1c(F)c(F)c(F)c(F)c1F. The number of nitrogens with one attached hydrogen (secondary N) is 1. The fourth-order valence-electron chi connectivity index (χ4n) is 1.51. The molecule has 0 aliphatic heterocycles. The Morgan fingerprint density at radius 2 is 1.48 bits per heavy atom. The lowest BCUT2D eigenvalue weighted by Gasteiger charge is -2.13. The van der Waals surface area contributed by atoms with Crippen molar-refractivity contribution in [3.8, 4) is 5.75 Å². The van der Waals surface area contributed by atoms with Crippen LogP contribution in [0, 0.1) is 29.1 Å². The van der Waals surface area contributed by atoms with E-state index < -0.39 is 34.8 Å². The zero-order valence-electron chi connectivity index (χ0n) is 10.3. The largest absolute Gasteiger partial charge is 0.490 e. The molecule has 1 aromatic carbocycles. The number of methoxy groups -OCH3 is 1. The zero-order valence-corrected chi connectivity index (χ0v) is 10.3. The highest BCUT2D eigenvalue weighted by Gasteiger charge is 2.27. The van der Waals surface area contributed by atoms with Gasteiger partial charge in [0.2, 0.25) is 11.6 Å². The van der Waals surface area contributed by atoms with Crippen LogP contribution in [0.1, 0.15) is 0 Å². The Bertz CT molecular complexity index is 680. The summed E-state index contributed by atoms with van der Waals surface area (Å²) in [6, 6.07) is 0. The number of anilines is 3. The minimum atomic E-state index is -2.26. The molecule has 0 fully saturated rings. The van der Waals surface area contributed by atoms with Crippen molar-refractivity contribution >= 4 is 17.3 Å². The summed E-state index contributed by atoms with van der Waals surface area (Å²) in [5.74, 6) is -11.2. The van der Waals surface area contributed by atoms with Crippen LogP contribution in [0.5, 0.6) is 5.75 Å². The smallest absolute Gasteiger partial charge is 0.204 e. The summed E-state index contributed by atoms with van der Waals surface area (Å²) in [5.41, 5.74) is 4.16. The van der Waals surface area contributed by atoms with E-state index in [4.69, 9.17) is 10.5 Å². The number of nitrogens with zero attached hydrogens (tertiary/aromatic N) is 2. The Balaban J connectivity index is 2.58. The highest BCUT2D eigenvalue weighted by molar-refractivity contribution is 5.68. The molecule has 2 rings (SSSR count). The average molecular weight is 306 g/mol. The number of rotatable bonds is 3. The monoisotopic (exact) mass is 306 g/mol. The second-order valence-electron chi connectivity index (χ2n) is 3.71. The Labute approximate surface area is 114 Å². The number of nitrogen functional groups attached to an aromatic ring is 1. The van der Waals surface area contributed by atoms with E-state index in [2.05, 4.69) is 9.97 Å². The third-order valence-electron chi connectivity index (χ3n) is 2.49. The van der Waals surface area contributed by atoms with Crippen molar-refractivity contribution in [2.75, 3.05) is 18.2 Å². The normalized spacial score (nSPS) is 10.6. The highest BCUT2D eigenvalue weighted by atomic mass is 19.2. The molecule has 5 nitrogen and oxygen atoms in total. The van der Waals surface area contributed by atoms with Gasteiger partial charge in [0.1, 0.15) is 12.0 Å². The summed E-state index contributed by atoms with van der Waals surface area (Å²) < 4.78 is 70.9. The van der Waals surface area contributed by atoms with Gasteiger partial charge in [0.15, 0.2) is 34.9 Å². The van der Waals surface area contributed by atoms with Crippen LogP contribution >= 0.6 is 0 Å². The van der Waals surface area contributed by atoms with Crippen molar-refractivity contribution in [1.29, 1.82) is 0 Å². The molecule has 21 heavy (non-hydrogen) atoms. The molecule has 0 unspecified atom stereocenters. The number of halogens is 5. The lowest BCUT2D eigenvalue weighted by molar-refractivity contribution is 0.381. The molecule has 0 aliphatic carbocycles. The lowest BCUT2D eigenvalue weighted by atomic mass is 10.2. The Kier molecular flexibility index (Phi) is 3.78. The third kappa shape index (κ3) is 2.39. The van der Waals surface area contributed by atoms with E-state index in [1.165, 1.54) is 7.11 Å². The summed E-state index contributed by atoms with van der Waals surface area (Å²) >= 11 is 0. The molecule has 10 heteroatoms. The predicted molar refractivity (Wildman–Crippen MR) is 62.5 cm³/mol. The van der Waals surface area contributed by atoms with Crippen LogP contribution in [0.4, 0.5) is 39.3 Å². The molecule has 1 heterocycles. The summed E-state index contributed by atoms with van der Waals surface area (Å²) in [7, 11) is 1.17. The molecule has 0 saturated carbocycles. The molecule has 0 bridgehead atoms. The maximum absolute atomic E-state index is 13.5. The molecule has 0 aliphatic rings. The van der Waals surface area contributed by atoms with Gasteiger partial charge in [-0.25, -0.2) is 31.9 Å². The van der Waals surface area contributed by atoms with E-state index >= 15 is 0 Å². The van der Waals surface area contributed by atoms with Crippen LogP contribution in [0.3, 0.4) is 0 Å². The van der Waals surface area contributed by atoms with Crippen LogP contribution in [-0.4, -0.2) is 17.1 Å². The van der Waals surface area contributed by atoms with Gasteiger partial charge in [0, 0.05) is 0 Å². The van der Waals surface area contributed by atoms with Crippen molar-refractivity contribution < 1.29 is 26.7 Å². The summed E-state index contributed by atoms with van der Waals surface area (Å²) in [5, 5.41) is 1.96. The highest BCUT2D eigenvalue weighted by Crippen LogP contribution is 2.33. The molecule has 0 amide bonds. The standard InChI is InChI=1S/C11H7F5N4O/c1-21-9-10(17)18-2-19-11(9)20-8-6(15)4(13)3(12)5(14)7(8)16/h2H,1H3,(H3,17,18,19,20). The molecule has 112 valence electrons. The van der Waals surface area contributed by atoms with Crippen molar-refractivity contribution in [1.82, 2.24) is 9.97 Å². The first kappa shape index (κ1) is 14.8. The number of ether oxygens (including phenoxy) is 1. The van der Waals surface area contributed by atoms with Crippen LogP contribution < -0.4 is 15.8 Å². The fraction of sp³-hybridized carbons (Fsp3) is 0.0909. The van der Waals surface area contributed by atoms with Crippen LogP contribution in [-0.2, 0) is 0 Å². The Hall–Kier alpha value is -2.65. The molecular weight excluding hydrogens is 299 g/mol. The molecule has 0 saturated heterocycles. The number of hydrogen-bond donors (Lipinski definition) is 2. The topological polar surface area (TPSA) is 73.1 Å². The minimum absolute atomic E-state index is 0.182. The molecule has 2 aromatic rings. The lowest BCUT2D eigenvalue weighted by Crippen LogP contribution is -2.09. The van der Waals surface area contributed by atoms with Gasteiger partial charge in [0.25, 0.3) is 0 Å². The number of hydrogen-bond acceptors (Lipinski definition) is 5. The summed E-state index contributed by atoms with van der Waals surface area (Å²) in [6.45, 7) is 0. The Morgan fingerprint density at radius 1 is 0.952 bits per heavy atom. The van der Waals surface area contributed by atoms with E-state index in [-0.39, 0.29) is 17.4 Å². The summed E-state index contributed by atoms with van der Waals surface area (Å²) in [6.07, 6.45) is 0.923. The second kappa shape index (κ2) is 5.38. The third-order valence-corrected chi connectivity index (χ3v) is 2.49. The van der Waals surface area contributed by atoms with Crippen molar-refractivity contribution in [2.24, 2.45) is 0 Å². The maximum Gasteiger partial charge on any atom is 0.204 e. The maximum atomic E-state index is 13.5. The van der Waals surface area contributed by atoms with Gasteiger partial charge in [-0.1, -0.05) is 0 Å². The molecule has 0 spiro atoms. The first-order chi connectivity index (χ1) is 9.88. The molecule has 0 radical (unpaired) electrons.